The molecule has 11 nitrogen and oxygen atoms in total. The molecule has 1 aromatic carbocycles. The first kappa shape index (κ1) is 35.2. The van der Waals surface area contributed by atoms with Crippen LogP contribution in [0.25, 0.3) is 0 Å². The molecule has 13 heteroatoms. The number of rotatable bonds is 11. The number of fused-ring (bicyclic) bond motifs is 5. The molecule has 3 N–H and O–H groups in total. The van der Waals surface area contributed by atoms with Crippen LogP contribution in [0.15, 0.2) is 24.4 Å². The predicted octanol–water partition coefficient (Wildman–Crippen LogP) is 7.20. The van der Waals surface area contributed by atoms with Crippen LogP contribution in [-0.4, -0.2) is 38.4 Å². The Labute approximate surface area is 285 Å². The summed E-state index contributed by atoms with van der Waals surface area (Å²) in [6.45, 7) is 5.26. The second kappa shape index (κ2) is 13.9. The number of ether oxygens (including phenoxy) is 2. The van der Waals surface area contributed by atoms with Crippen LogP contribution in [0.1, 0.15) is 113 Å². The molecule has 0 radical (unpaired) electrons. The van der Waals surface area contributed by atoms with Crippen molar-refractivity contribution < 1.29 is 42.7 Å². The standard InChI is InChI=1S/C35H47N2O9PS/c1-21-20-36-33(48-21)37-30(39)14-10-25-19-35(46-47(41,42)43,45-31(40)15-8-23-6-4-5-7-23)34(3)17-16-28-27-13-11-26(44-22(2)38)18-24(27)9-12-29(28)32(25)34/h11,13,18,20,23,25,28-29,32H,4-10,12,14-17,19H2,1-3H3,(H,36,37,39)(H2,41,42,43)/t25-,28?,29?,32?,34+,35?/m1/s1. The van der Waals surface area contributed by atoms with Gasteiger partial charge in [0.05, 0.1) is 0 Å². The number of esters is 2. The lowest BCUT2D eigenvalue weighted by Gasteiger charge is -2.54. The highest BCUT2D eigenvalue weighted by Crippen LogP contribution is 2.70. The lowest BCUT2D eigenvalue weighted by atomic mass is 9.53. The topological polar surface area (TPSA) is 161 Å². The number of benzene rings is 1. The van der Waals surface area contributed by atoms with E-state index in [4.69, 9.17) is 14.0 Å². The van der Waals surface area contributed by atoms with E-state index in [0.717, 1.165) is 49.0 Å². The van der Waals surface area contributed by atoms with Crippen LogP contribution in [0, 0.1) is 36.0 Å². The van der Waals surface area contributed by atoms with Gasteiger partial charge >= 0.3 is 19.8 Å². The minimum Gasteiger partial charge on any atom is -0.432 e. The van der Waals surface area contributed by atoms with E-state index in [2.05, 4.69) is 10.3 Å². The molecular weight excluding hydrogens is 655 g/mol. The number of nitrogens with zero attached hydrogens (tertiary/aromatic N) is 1. The van der Waals surface area contributed by atoms with E-state index < -0.39 is 25.0 Å². The van der Waals surface area contributed by atoms with E-state index in [1.807, 2.05) is 32.0 Å². The predicted molar refractivity (Wildman–Crippen MR) is 179 cm³/mol. The van der Waals surface area contributed by atoms with Crippen LogP contribution in [0.5, 0.6) is 5.75 Å². The maximum absolute atomic E-state index is 13.5. The Morgan fingerprint density at radius 3 is 2.56 bits per heavy atom. The van der Waals surface area contributed by atoms with Crippen molar-refractivity contribution in [1.82, 2.24) is 4.98 Å². The Morgan fingerprint density at radius 1 is 1.10 bits per heavy atom. The van der Waals surface area contributed by atoms with Crippen molar-refractivity contribution in [2.75, 3.05) is 5.32 Å². The first-order chi connectivity index (χ1) is 22.7. The number of aromatic nitrogens is 1. The van der Waals surface area contributed by atoms with Crippen LogP contribution < -0.4 is 10.1 Å². The number of aryl methyl sites for hydroxylation is 2. The van der Waals surface area contributed by atoms with Gasteiger partial charge in [-0.3, -0.25) is 14.4 Å². The van der Waals surface area contributed by atoms with Gasteiger partial charge in [0.1, 0.15) is 5.75 Å². The molecule has 4 aliphatic rings. The zero-order chi connectivity index (χ0) is 34.3. The zero-order valence-corrected chi connectivity index (χ0v) is 29.7. The van der Waals surface area contributed by atoms with Gasteiger partial charge in [0.15, 0.2) is 5.13 Å². The van der Waals surface area contributed by atoms with E-state index in [1.165, 1.54) is 23.8 Å². The van der Waals surface area contributed by atoms with Gasteiger partial charge in [0, 0.05) is 42.7 Å². The highest BCUT2D eigenvalue weighted by Gasteiger charge is 2.70. The molecule has 1 amide bonds. The van der Waals surface area contributed by atoms with Crippen molar-refractivity contribution in [3.63, 3.8) is 0 Å². The van der Waals surface area contributed by atoms with Gasteiger partial charge in [-0.05, 0) is 98.3 Å². The first-order valence-corrected chi connectivity index (χ1v) is 19.6. The minimum atomic E-state index is -5.10. The van der Waals surface area contributed by atoms with Crippen molar-refractivity contribution in [2.24, 2.45) is 29.1 Å². The molecule has 6 rings (SSSR count). The number of carbonyl (C=O) groups excluding carboxylic acids is 3. The van der Waals surface area contributed by atoms with Crippen LogP contribution in [0.2, 0.25) is 0 Å². The molecule has 3 saturated carbocycles. The molecule has 1 aromatic heterocycles. The van der Waals surface area contributed by atoms with Gasteiger partial charge in [-0.1, -0.05) is 38.7 Å². The van der Waals surface area contributed by atoms with E-state index >= 15 is 0 Å². The van der Waals surface area contributed by atoms with Crippen molar-refractivity contribution in [2.45, 2.75) is 116 Å². The third kappa shape index (κ3) is 7.43. The Morgan fingerprint density at radius 2 is 1.88 bits per heavy atom. The minimum absolute atomic E-state index is 0.0968. The summed E-state index contributed by atoms with van der Waals surface area (Å²) in [5.41, 5.74) is 1.41. The summed E-state index contributed by atoms with van der Waals surface area (Å²) >= 11 is 1.40. The molecule has 262 valence electrons. The van der Waals surface area contributed by atoms with Crippen LogP contribution in [0.3, 0.4) is 0 Å². The number of phosphoric ester groups is 1. The number of hydrogen-bond donors (Lipinski definition) is 3. The number of nitrogens with one attached hydrogen (secondary N) is 1. The summed E-state index contributed by atoms with van der Waals surface area (Å²) in [5, 5.41) is 3.41. The average molecular weight is 703 g/mol. The fourth-order valence-electron chi connectivity index (χ4n) is 9.62. The van der Waals surface area contributed by atoms with Gasteiger partial charge in [0.2, 0.25) is 11.7 Å². The Hall–Kier alpha value is -2.63. The van der Waals surface area contributed by atoms with Crippen LogP contribution >= 0.6 is 19.2 Å². The number of thiazole rings is 1. The lowest BCUT2D eigenvalue weighted by Crippen LogP contribution is -2.54. The molecule has 2 aromatic rings. The van der Waals surface area contributed by atoms with Crippen molar-refractivity contribution in [1.29, 1.82) is 0 Å². The van der Waals surface area contributed by atoms with Gasteiger partial charge in [-0.25, -0.2) is 14.1 Å². The highest BCUT2D eigenvalue weighted by atomic mass is 32.1. The summed E-state index contributed by atoms with van der Waals surface area (Å²) in [4.78, 5) is 64.1. The van der Waals surface area contributed by atoms with Gasteiger partial charge in [-0.15, -0.1) is 11.3 Å². The third-order valence-corrected chi connectivity index (χ3v) is 12.9. The number of hydrogen-bond acceptors (Lipinski definition) is 9. The number of amides is 1. The quantitative estimate of drug-likeness (QED) is 0.0945. The van der Waals surface area contributed by atoms with Gasteiger partial charge in [-0.2, -0.15) is 0 Å². The molecule has 4 aliphatic carbocycles. The monoisotopic (exact) mass is 702 g/mol. The molecule has 0 saturated heterocycles. The smallest absolute Gasteiger partial charge is 0.432 e. The fourth-order valence-corrected chi connectivity index (χ4v) is 11.0. The molecule has 0 bridgehead atoms. The third-order valence-electron chi connectivity index (χ3n) is 11.5. The summed E-state index contributed by atoms with van der Waals surface area (Å²) < 4.78 is 30.0. The molecule has 4 unspecified atom stereocenters. The van der Waals surface area contributed by atoms with Crippen molar-refractivity contribution >= 4 is 42.1 Å². The van der Waals surface area contributed by atoms with E-state index in [0.29, 0.717) is 42.5 Å². The van der Waals surface area contributed by atoms with E-state index in [1.54, 1.807) is 6.20 Å². The molecule has 1 heterocycles. The zero-order valence-electron chi connectivity index (χ0n) is 27.9. The maximum atomic E-state index is 13.5. The first-order valence-electron chi connectivity index (χ1n) is 17.3. The molecule has 0 aliphatic heterocycles. The maximum Gasteiger partial charge on any atom is 0.472 e. The second-order valence-electron chi connectivity index (χ2n) is 14.6. The fraction of sp³-hybridized carbons (Fsp3) is 0.657. The summed E-state index contributed by atoms with van der Waals surface area (Å²) in [6, 6.07) is 5.79. The molecule has 48 heavy (non-hydrogen) atoms. The van der Waals surface area contributed by atoms with Crippen molar-refractivity contribution in [3.05, 3.63) is 40.4 Å². The molecule has 3 fully saturated rings. The van der Waals surface area contributed by atoms with Gasteiger partial charge in [0.25, 0.3) is 0 Å². The normalized spacial score (nSPS) is 29.9. The van der Waals surface area contributed by atoms with Gasteiger partial charge < -0.3 is 24.6 Å². The number of phosphoric acid groups is 1. The van der Waals surface area contributed by atoms with Crippen LogP contribution in [-0.2, 0) is 34.6 Å². The largest absolute Gasteiger partial charge is 0.472 e. The Kier molecular flexibility index (Phi) is 10.2. The second-order valence-corrected chi connectivity index (χ2v) is 17.0. The lowest BCUT2D eigenvalue weighted by molar-refractivity contribution is -0.251. The summed E-state index contributed by atoms with van der Waals surface area (Å²) in [7, 11) is -5.10. The van der Waals surface area contributed by atoms with E-state index in [-0.39, 0.29) is 54.8 Å². The number of carbonyl (C=O) groups is 3. The Balaban J connectivity index is 1.31. The molecular formula is C35H47N2O9PS. The van der Waals surface area contributed by atoms with Crippen molar-refractivity contribution in [3.8, 4) is 5.75 Å². The average Bonchev–Trinajstić information content (AvgIpc) is 3.73. The summed E-state index contributed by atoms with van der Waals surface area (Å²) in [5.74, 6) is -2.02. The SMILES string of the molecule is CC(=O)Oc1ccc2c(c1)CCC1C2CC[C@@]2(C)C1[C@H](CCC(=O)Nc1ncc(C)s1)CC2(OC(=O)CCC1CCCC1)OP(=O)(O)O. The van der Waals surface area contributed by atoms with E-state index in [9.17, 15) is 28.7 Å². The highest BCUT2D eigenvalue weighted by molar-refractivity contribution is 7.46. The summed E-state index contributed by atoms with van der Waals surface area (Å²) in [6.07, 6.45) is 10.5. The molecule has 6 atom stereocenters. The number of anilines is 1. The Bertz CT molecular complexity index is 1590. The molecule has 0 spiro atoms. The van der Waals surface area contributed by atoms with Crippen LogP contribution in [0.4, 0.5) is 5.13 Å².